The van der Waals surface area contributed by atoms with Gasteiger partial charge in [-0.05, 0) is 38.5 Å². The van der Waals surface area contributed by atoms with Gasteiger partial charge in [0.1, 0.15) is 0 Å². The topological polar surface area (TPSA) is 47.7 Å². The summed E-state index contributed by atoms with van der Waals surface area (Å²) in [5.41, 5.74) is 8.23. The van der Waals surface area contributed by atoms with E-state index in [1.807, 2.05) is 20.8 Å². The Morgan fingerprint density at radius 2 is 1.50 bits per heavy atom. The zero-order valence-corrected chi connectivity index (χ0v) is 13.0. The normalized spacial score (nSPS) is 12.4. The van der Waals surface area contributed by atoms with E-state index < -0.39 is 0 Å². The zero-order chi connectivity index (χ0) is 14.8. The summed E-state index contributed by atoms with van der Waals surface area (Å²) in [6.45, 7) is 10.7. The predicted molar refractivity (Wildman–Crippen MR) is 84.2 cm³/mol. The number of benzene rings is 1. The van der Waals surface area contributed by atoms with Crippen LogP contribution in [-0.4, -0.2) is 39.5 Å². The molecule has 0 aliphatic carbocycles. The van der Waals surface area contributed by atoms with Crippen LogP contribution in [0.4, 0.5) is 5.69 Å². The molecule has 2 N–H and O–H groups in total. The summed E-state index contributed by atoms with van der Waals surface area (Å²) in [6, 6.07) is 8.50. The van der Waals surface area contributed by atoms with Crippen LogP contribution in [0, 0.1) is 0 Å². The molecule has 0 aliphatic heterocycles. The number of hydrogen-bond acceptors (Lipinski definition) is 4. The smallest absolute Gasteiger partial charge is 0.0641 e. The van der Waals surface area contributed by atoms with E-state index in [4.69, 9.17) is 15.2 Å². The van der Waals surface area contributed by atoms with E-state index in [0.717, 1.165) is 45.1 Å². The molecule has 0 saturated carbocycles. The molecule has 4 heteroatoms. The maximum atomic E-state index is 5.88. The van der Waals surface area contributed by atoms with E-state index in [1.54, 1.807) is 0 Å². The molecule has 0 unspecified atom stereocenters. The Bertz CT molecular complexity index is 342. The molecule has 1 aromatic rings. The minimum atomic E-state index is 0.0735. The van der Waals surface area contributed by atoms with Crippen molar-refractivity contribution in [3.05, 3.63) is 29.8 Å². The van der Waals surface area contributed by atoms with Gasteiger partial charge in [0.05, 0.1) is 13.2 Å². The zero-order valence-electron chi connectivity index (χ0n) is 13.0. The first-order valence-corrected chi connectivity index (χ1v) is 7.45. The summed E-state index contributed by atoms with van der Waals surface area (Å²) in [7, 11) is 0. The number of nitrogens with zero attached hydrogens (tertiary/aromatic N) is 1. The Balaban J connectivity index is 2.64. The summed E-state index contributed by atoms with van der Waals surface area (Å²) in [5, 5.41) is 0. The van der Waals surface area contributed by atoms with Gasteiger partial charge >= 0.3 is 0 Å². The molecule has 0 aromatic heterocycles. The van der Waals surface area contributed by atoms with Crippen molar-refractivity contribution < 1.29 is 9.47 Å². The van der Waals surface area contributed by atoms with Crippen molar-refractivity contribution >= 4 is 5.69 Å². The molecule has 0 radical (unpaired) electrons. The lowest BCUT2D eigenvalue weighted by Crippen LogP contribution is -2.31. The number of anilines is 1. The van der Waals surface area contributed by atoms with Crippen molar-refractivity contribution in [2.45, 2.75) is 26.8 Å². The average Bonchev–Trinajstić information content (AvgIpc) is 2.46. The van der Waals surface area contributed by atoms with Gasteiger partial charge in [-0.2, -0.15) is 0 Å². The van der Waals surface area contributed by atoms with Crippen molar-refractivity contribution in [3.8, 4) is 0 Å². The van der Waals surface area contributed by atoms with Gasteiger partial charge in [0.15, 0.2) is 0 Å². The first-order valence-electron chi connectivity index (χ1n) is 7.45. The second-order valence-electron chi connectivity index (χ2n) is 4.76. The van der Waals surface area contributed by atoms with Crippen LogP contribution in [-0.2, 0) is 9.47 Å². The van der Waals surface area contributed by atoms with E-state index in [0.29, 0.717) is 0 Å². The molecular formula is C16H28N2O2. The molecule has 114 valence electrons. The largest absolute Gasteiger partial charge is 0.380 e. The Labute approximate surface area is 122 Å². The number of hydrogen-bond donors (Lipinski definition) is 1. The molecule has 0 saturated heterocycles. The van der Waals surface area contributed by atoms with Gasteiger partial charge in [0.25, 0.3) is 0 Å². The maximum absolute atomic E-state index is 5.88. The standard InChI is InChI=1S/C16H28N2O2/c1-4-19-12-10-18(11-13-20-5-2)16-8-6-15(7-9-16)14(3)17/h6-9,14H,4-5,10-13,17H2,1-3H3/t14-/m0/s1. The number of nitrogens with two attached hydrogens (primary N) is 1. The Kier molecular flexibility index (Phi) is 8.26. The van der Waals surface area contributed by atoms with E-state index >= 15 is 0 Å². The van der Waals surface area contributed by atoms with E-state index in [2.05, 4.69) is 29.2 Å². The first kappa shape index (κ1) is 17.0. The lowest BCUT2D eigenvalue weighted by atomic mass is 10.1. The maximum Gasteiger partial charge on any atom is 0.0641 e. The van der Waals surface area contributed by atoms with E-state index in [9.17, 15) is 0 Å². The molecule has 0 aliphatic rings. The minimum Gasteiger partial charge on any atom is -0.380 e. The molecule has 0 spiro atoms. The molecule has 20 heavy (non-hydrogen) atoms. The highest BCUT2D eigenvalue weighted by atomic mass is 16.5. The number of ether oxygens (including phenoxy) is 2. The molecule has 1 atom stereocenters. The molecule has 1 rings (SSSR count). The van der Waals surface area contributed by atoms with E-state index in [1.165, 1.54) is 5.69 Å². The van der Waals surface area contributed by atoms with Gasteiger partial charge < -0.3 is 20.1 Å². The number of rotatable bonds is 10. The van der Waals surface area contributed by atoms with Crippen LogP contribution in [0.5, 0.6) is 0 Å². The second kappa shape index (κ2) is 9.75. The van der Waals surface area contributed by atoms with Crippen LogP contribution in [0.15, 0.2) is 24.3 Å². The predicted octanol–water partition coefficient (Wildman–Crippen LogP) is 2.59. The van der Waals surface area contributed by atoms with Gasteiger partial charge in [0, 0.05) is 38.0 Å². The fourth-order valence-electron chi connectivity index (χ4n) is 2.00. The molecular weight excluding hydrogens is 252 g/mol. The highest BCUT2D eigenvalue weighted by molar-refractivity contribution is 5.48. The second-order valence-corrected chi connectivity index (χ2v) is 4.76. The minimum absolute atomic E-state index is 0.0735. The molecule has 0 fully saturated rings. The Morgan fingerprint density at radius 1 is 1.00 bits per heavy atom. The van der Waals surface area contributed by atoms with Crippen LogP contribution in [0.1, 0.15) is 32.4 Å². The van der Waals surface area contributed by atoms with Crippen molar-refractivity contribution in [1.82, 2.24) is 0 Å². The van der Waals surface area contributed by atoms with Crippen molar-refractivity contribution in [3.63, 3.8) is 0 Å². The van der Waals surface area contributed by atoms with Gasteiger partial charge in [0.2, 0.25) is 0 Å². The third-order valence-electron chi connectivity index (χ3n) is 3.20. The summed E-state index contributed by atoms with van der Waals surface area (Å²) < 4.78 is 10.9. The van der Waals surface area contributed by atoms with Crippen LogP contribution in [0.25, 0.3) is 0 Å². The molecule has 0 amide bonds. The van der Waals surface area contributed by atoms with E-state index in [-0.39, 0.29) is 6.04 Å². The molecule has 0 bridgehead atoms. The lowest BCUT2D eigenvalue weighted by molar-refractivity contribution is 0.141. The van der Waals surface area contributed by atoms with Crippen LogP contribution in [0.2, 0.25) is 0 Å². The fourth-order valence-corrected chi connectivity index (χ4v) is 2.00. The average molecular weight is 280 g/mol. The third kappa shape index (κ3) is 5.90. The quantitative estimate of drug-likeness (QED) is 0.669. The SMILES string of the molecule is CCOCCN(CCOCC)c1ccc([C@H](C)N)cc1. The monoisotopic (exact) mass is 280 g/mol. The highest BCUT2D eigenvalue weighted by Crippen LogP contribution is 2.18. The summed E-state index contributed by atoms with van der Waals surface area (Å²) in [5.74, 6) is 0. The van der Waals surface area contributed by atoms with Gasteiger partial charge in [-0.1, -0.05) is 12.1 Å². The first-order chi connectivity index (χ1) is 9.69. The van der Waals surface area contributed by atoms with Crippen molar-refractivity contribution in [2.24, 2.45) is 5.73 Å². The highest BCUT2D eigenvalue weighted by Gasteiger charge is 2.07. The van der Waals surface area contributed by atoms with Crippen LogP contribution in [0.3, 0.4) is 0 Å². The third-order valence-corrected chi connectivity index (χ3v) is 3.20. The van der Waals surface area contributed by atoms with Crippen LogP contribution < -0.4 is 10.6 Å². The summed E-state index contributed by atoms with van der Waals surface area (Å²) in [4.78, 5) is 2.29. The lowest BCUT2D eigenvalue weighted by Gasteiger charge is -2.25. The Hall–Kier alpha value is -1.10. The Morgan fingerprint density at radius 3 is 1.90 bits per heavy atom. The molecule has 4 nitrogen and oxygen atoms in total. The summed E-state index contributed by atoms with van der Waals surface area (Å²) in [6.07, 6.45) is 0. The molecule has 1 aromatic carbocycles. The fraction of sp³-hybridized carbons (Fsp3) is 0.625. The van der Waals surface area contributed by atoms with Crippen molar-refractivity contribution in [1.29, 1.82) is 0 Å². The van der Waals surface area contributed by atoms with Gasteiger partial charge in [-0.15, -0.1) is 0 Å². The van der Waals surface area contributed by atoms with Gasteiger partial charge in [-0.25, -0.2) is 0 Å². The molecule has 0 heterocycles. The summed E-state index contributed by atoms with van der Waals surface area (Å²) >= 11 is 0. The van der Waals surface area contributed by atoms with Crippen molar-refractivity contribution in [2.75, 3.05) is 44.4 Å². The van der Waals surface area contributed by atoms with Crippen LogP contribution >= 0.6 is 0 Å². The van der Waals surface area contributed by atoms with Gasteiger partial charge in [-0.3, -0.25) is 0 Å².